The molecule has 0 fully saturated rings. The number of rotatable bonds is 4. The van der Waals surface area contributed by atoms with Crippen LogP contribution in [0.1, 0.15) is 58.4 Å². The minimum atomic E-state index is 0.356. The molecule has 0 aromatic heterocycles. The van der Waals surface area contributed by atoms with Crippen LogP contribution in [0.15, 0.2) is 24.3 Å². The first-order valence-electron chi connectivity index (χ1n) is 6.21. The van der Waals surface area contributed by atoms with Crippen LogP contribution in [0.3, 0.4) is 0 Å². The van der Waals surface area contributed by atoms with Crippen molar-refractivity contribution < 1.29 is 5.11 Å². The summed E-state index contributed by atoms with van der Waals surface area (Å²) in [6, 6.07) is 7.70. The van der Waals surface area contributed by atoms with E-state index in [-0.39, 0.29) is 0 Å². The fourth-order valence-corrected chi connectivity index (χ4v) is 2.22. The first kappa shape index (κ1) is 13.1. The Hall–Kier alpha value is -0.980. The van der Waals surface area contributed by atoms with Crippen LogP contribution in [0, 0.1) is 5.41 Å². The molecule has 1 aromatic carbocycles. The normalized spacial score (nSPS) is 13.8. The molecule has 1 aromatic rings. The standard InChI is InChI=1S/C15H24O/c1-5-6-13(11-15(2,3)4)12-7-9-14(16)10-8-12/h7-10,13,16H,5-6,11H2,1-4H3. The highest BCUT2D eigenvalue weighted by Crippen LogP contribution is 2.34. The molecular weight excluding hydrogens is 196 g/mol. The van der Waals surface area contributed by atoms with Crippen molar-refractivity contribution in [2.75, 3.05) is 0 Å². The van der Waals surface area contributed by atoms with Crippen LogP contribution >= 0.6 is 0 Å². The summed E-state index contributed by atoms with van der Waals surface area (Å²) < 4.78 is 0. The van der Waals surface area contributed by atoms with E-state index in [0.717, 1.165) is 0 Å². The summed E-state index contributed by atoms with van der Waals surface area (Å²) in [5.74, 6) is 0.973. The minimum absolute atomic E-state index is 0.356. The molecule has 1 rings (SSSR count). The molecule has 1 N–H and O–H groups in total. The minimum Gasteiger partial charge on any atom is -0.508 e. The lowest BCUT2D eigenvalue weighted by Crippen LogP contribution is -2.12. The predicted octanol–water partition coefficient (Wildman–Crippen LogP) is 4.71. The molecule has 1 nitrogen and oxygen atoms in total. The Morgan fingerprint density at radius 2 is 1.69 bits per heavy atom. The van der Waals surface area contributed by atoms with Gasteiger partial charge in [-0.05, 0) is 41.9 Å². The Kier molecular flexibility index (Phi) is 4.40. The van der Waals surface area contributed by atoms with Gasteiger partial charge in [0, 0.05) is 0 Å². The van der Waals surface area contributed by atoms with Gasteiger partial charge in [-0.25, -0.2) is 0 Å². The zero-order valence-corrected chi connectivity index (χ0v) is 11.0. The van der Waals surface area contributed by atoms with Crippen LogP contribution in [-0.4, -0.2) is 5.11 Å². The topological polar surface area (TPSA) is 20.2 Å². The molecule has 0 bridgehead atoms. The van der Waals surface area contributed by atoms with Crippen LogP contribution in [0.25, 0.3) is 0 Å². The molecular formula is C15H24O. The van der Waals surface area contributed by atoms with Gasteiger partial charge in [0.25, 0.3) is 0 Å². The summed E-state index contributed by atoms with van der Waals surface area (Å²) in [4.78, 5) is 0. The van der Waals surface area contributed by atoms with Gasteiger partial charge < -0.3 is 5.11 Å². The SMILES string of the molecule is CCCC(CC(C)(C)C)c1ccc(O)cc1. The van der Waals surface area contributed by atoms with Crippen molar-refractivity contribution in [3.05, 3.63) is 29.8 Å². The average Bonchev–Trinajstić information content (AvgIpc) is 2.16. The van der Waals surface area contributed by atoms with E-state index >= 15 is 0 Å². The Morgan fingerprint density at radius 1 is 1.12 bits per heavy atom. The third-order valence-corrected chi connectivity index (χ3v) is 2.86. The van der Waals surface area contributed by atoms with Crippen LogP contribution in [-0.2, 0) is 0 Å². The fraction of sp³-hybridized carbons (Fsp3) is 0.600. The third-order valence-electron chi connectivity index (χ3n) is 2.86. The smallest absolute Gasteiger partial charge is 0.115 e. The van der Waals surface area contributed by atoms with Gasteiger partial charge in [-0.15, -0.1) is 0 Å². The van der Waals surface area contributed by atoms with Crippen molar-refractivity contribution in [1.82, 2.24) is 0 Å². The molecule has 16 heavy (non-hydrogen) atoms. The van der Waals surface area contributed by atoms with E-state index in [4.69, 9.17) is 0 Å². The molecule has 1 atom stereocenters. The molecule has 90 valence electrons. The van der Waals surface area contributed by atoms with Gasteiger partial charge >= 0.3 is 0 Å². The quantitative estimate of drug-likeness (QED) is 0.779. The van der Waals surface area contributed by atoms with Crippen LogP contribution in [0.2, 0.25) is 0 Å². The molecule has 0 amide bonds. The lowest BCUT2D eigenvalue weighted by Gasteiger charge is -2.26. The molecule has 0 aliphatic rings. The maximum atomic E-state index is 9.30. The summed E-state index contributed by atoms with van der Waals surface area (Å²) in [5, 5.41) is 9.30. The van der Waals surface area contributed by atoms with Gasteiger partial charge in [0.05, 0.1) is 0 Å². The lowest BCUT2D eigenvalue weighted by molar-refractivity contribution is 0.329. The molecule has 0 heterocycles. The summed E-state index contributed by atoms with van der Waals surface area (Å²) in [5.41, 5.74) is 1.71. The van der Waals surface area contributed by atoms with Gasteiger partial charge in [0.1, 0.15) is 5.75 Å². The van der Waals surface area contributed by atoms with Crippen LogP contribution in [0.5, 0.6) is 5.75 Å². The van der Waals surface area contributed by atoms with E-state index in [1.807, 2.05) is 0 Å². The maximum absolute atomic E-state index is 9.30. The van der Waals surface area contributed by atoms with Crippen LogP contribution < -0.4 is 0 Å². The van der Waals surface area contributed by atoms with E-state index in [0.29, 0.717) is 17.1 Å². The highest BCUT2D eigenvalue weighted by molar-refractivity contribution is 5.28. The molecule has 0 radical (unpaired) electrons. The molecule has 0 aliphatic heterocycles. The third kappa shape index (κ3) is 4.26. The average molecular weight is 220 g/mol. The molecule has 0 saturated heterocycles. The zero-order valence-electron chi connectivity index (χ0n) is 11.0. The second-order valence-electron chi connectivity index (χ2n) is 5.84. The number of benzene rings is 1. The van der Waals surface area contributed by atoms with E-state index in [9.17, 15) is 5.11 Å². The van der Waals surface area contributed by atoms with Crippen molar-refractivity contribution in [1.29, 1.82) is 0 Å². The van der Waals surface area contributed by atoms with Crippen molar-refractivity contribution in [3.63, 3.8) is 0 Å². The number of phenols is 1. The molecule has 0 aliphatic carbocycles. The summed E-state index contributed by atoms with van der Waals surface area (Å²) in [7, 11) is 0. The summed E-state index contributed by atoms with van der Waals surface area (Å²) >= 11 is 0. The highest BCUT2D eigenvalue weighted by atomic mass is 16.3. The van der Waals surface area contributed by atoms with Crippen molar-refractivity contribution in [2.45, 2.75) is 52.9 Å². The largest absolute Gasteiger partial charge is 0.508 e. The number of hydrogen-bond donors (Lipinski definition) is 1. The fourth-order valence-electron chi connectivity index (χ4n) is 2.22. The first-order chi connectivity index (χ1) is 7.42. The predicted molar refractivity (Wildman–Crippen MR) is 69.8 cm³/mol. The number of aromatic hydroxyl groups is 1. The maximum Gasteiger partial charge on any atom is 0.115 e. The van der Waals surface area contributed by atoms with E-state index in [1.54, 1.807) is 12.1 Å². The number of hydrogen-bond acceptors (Lipinski definition) is 1. The Morgan fingerprint density at radius 3 is 2.12 bits per heavy atom. The summed E-state index contributed by atoms with van der Waals surface area (Å²) in [6.07, 6.45) is 3.63. The van der Waals surface area contributed by atoms with Crippen LogP contribution in [0.4, 0.5) is 0 Å². The first-order valence-corrected chi connectivity index (χ1v) is 6.21. The molecule has 1 unspecified atom stereocenters. The van der Waals surface area contributed by atoms with Gasteiger partial charge in [0.2, 0.25) is 0 Å². The summed E-state index contributed by atoms with van der Waals surface area (Å²) in [6.45, 7) is 9.10. The van der Waals surface area contributed by atoms with Gasteiger partial charge in [-0.2, -0.15) is 0 Å². The Labute approximate surface area is 99.5 Å². The number of phenolic OH excluding ortho intramolecular Hbond substituents is 1. The highest BCUT2D eigenvalue weighted by Gasteiger charge is 2.19. The van der Waals surface area contributed by atoms with E-state index in [1.165, 1.54) is 24.8 Å². The van der Waals surface area contributed by atoms with Gasteiger partial charge in [-0.1, -0.05) is 46.2 Å². The van der Waals surface area contributed by atoms with E-state index < -0.39 is 0 Å². The Balaban J connectivity index is 2.80. The second-order valence-corrected chi connectivity index (χ2v) is 5.84. The Bertz CT molecular complexity index is 305. The molecule has 0 saturated carbocycles. The van der Waals surface area contributed by atoms with Gasteiger partial charge in [-0.3, -0.25) is 0 Å². The van der Waals surface area contributed by atoms with Gasteiger partial charge in [0.15, 0.2) is 0 Å². The van der Waals surface area contributed by atoms with Crippen molar-refractivity contribution in [3.8, 4) is 5.75 Å². The van der Waals surface area contributed by atoms with Crippen molar-refractivity contribution >= 4 is 0 Å². The zero-order chi connectivity index (χ0) is 12.2. The second kappa shape index (κ2) is 5.38. The monoisotopic (exact) mass is 220 g/mol. The molecule has 1 heteroatoms. The lowest BCUT2D eigenvalue weighted by atomic mass is 9.79. The van der Waals surface area contributed by atoms with Crippen molar-refractivity contribution in [2.24, 2.45) is 5.41 Å². The molecule has 0 spiro atoms. The van der Waals surface area contributed by atoms with E-state index in [2.05, 4.69) is 39.8 Å².